The van der Waals surface area contributed by atoms with Crippen LogP contribution in [0.25, 0.3) is 0 Å². The molecular weight excluding hydrogens is 440 g/mol. The van der Waals surface area contributed by atoms with E-state index >= 15 is 0 Å². The van der Waals surface area contributed by atoms with E-state index in [2.05, 4.69) is 52.0 Å². The normalized spacial score (nSPS) is 16.9. The van der Waals surface area contributed by atoms with Gasteiger partial charge in [0.2, 0.25) is 0 Å². The Balaban J connectivity index is 1.69. The molecule has 6 heteroatoms. The summed E-state index contributed by atoms with van der Waals surface area (Å²) in [6, 6.07) is 8.34. The van der Waals surface area contributed by atoms with Crippen molar-refractivity contribution in [2.45, 2.75) is 90.1 Å². The summed E-state index contributed by atoms with van der Waals surface area (Å²) in [6.45, 7) is 10.6. The Labute approximate surface area is 203 Å². The SMILES string of the molecule is CCC1(CC)COC(c2ccc(CCC(=O)CCC(C)(C)SSCCCCO)cc2)OC1. The Morgan fingerprint density at radius 2 is 1.75 bits per heavy atom. The highest BCUT2D eigenvalue weighted by Crippen LogP contribution is 2.39. The maximum atomic E-state index is 12.4. The predicted octanol–water partition coefficient (Wildman–Crippen LogP) is 6.75. The lowest BCUT2D eigenvalue weighted by Crippen LogP contribution is -2.37. The molecule has 1 saturated heterocycles. The zero-order chi connectivity index (χ0) is 23.5. The number of benzene rings is 1. The van der Waals surface area contributed by atoms with Gasteiger partial charge >= 0.3 is 0 Å². The quantitative estimate of drug-likeness (QED) is 0.220. The Morgan fingerprint density at radius 1 is 1.09 bits per heavy atom. The number of hydrogen-bond donors (Lipinski definition) is 1. The van der Waals surface area contributed by atoms with E-state index < -0.39 is 0 Å². The molecule has 1 fully saturated rings. The molecule has 0 saturated carbocycles. The second-order valence-electron chi connectivity index (χ2n) is 9.54. The third-order valence-electron chi connectivity index (χ3n) is 6.45. The number of ketones is 1. The van der Waals surface area contributed by atoms with Gasteiger partial charge in [-0.15, -0.1) is 0 Å². The van der Waals surface area contributed by atoms with Gasteiger partial charge < -0.3 is 14.6 Å². The van der Waals surface area contributed by atoms with Crippen LogP contribution in [-0.4, -0.2) is 41.2 Å². The molecule has 0 amide bonds. The van der Waals surface area contributed by atoms with Crippen molar-refractivity contribution in [3.05, 3.63) is 35.4 Å². The second kappa shape index (κ2) is 14.0. The fourth-order valence-corrected chi connectivity index (χ4v) is 6.37. The summed E-state index contributed by atoms with van der Waals surface area (Å²) in [6.07, 6.45) is 6.68. The molecule has 1 N–H and O–H groups in total. The lowest BCUT2D eigenvalue weighted by Gasteiger charge is -2.39. The smallest absolute Gasteiger partial charge is 0.183 e. The highest BCUT2D eigenvalue weighted by molar-refractivity contribution is 8.77. The van der Waals surface area contributed by atoms with Crippen molar-refractivity contribution in [2.24, 2.45) is 5.41 Å². The van der Waals surface area contributed by atoms with E-state index in [1.165, 1.54) is 5.56 Å². The maximum Gasteiger partial charge on any atom is 0.183 e. The molecule has 0 spiro atoms. The number of carbonyl (C=O) groups excluding carboxylic acids is 1. The molecule has 1 aromatic carbocycles. The monoisotopic (exact) mass is 482 g/mol. The first-order valence-corrected chi connectivity index (χ1v) is 14.4. The fourth-order valence-electron chi connectivity index (χ4n) is 3.65. The Kier molecular flexibility index (Phi) is 12.1. The summed E-state index contributed by atoms with van der Waals surface area (Å²) in [4.78, 5) is 12.4. The van der Waals surface area contributed by atoms with Crippen LogP contribution in [0.1, 0.15) is 90.1 Å². The minimum Gasteiger partial charge on any atom is -0.396 e. The third kappa shape index (κ3) is 9.38. The summed E-state index contributed by atoms with van der Waals surface area (Å²) in [7, 11) is 3.71. The van der Waals surface area contributed by atoms with Crippen LogP contribution in [0.5, 0.6) is 0 Å². The van der Waals surface area contributed by atoms with Crippen LogP contribution in [0.4, 0.5) is 0 Å². The van der Waals surface area contributed by atoms with E-state index in [4.69, 9.17) is 14.6 Å². The number of aliphatic hydroxyl groups excluding tert-OH is 1. The van der Waals surface area contributed by atoms with E-state index in [1.807, 2.05) is 21.6 Å². The number of rotatable bonds is 15. The number of carbonyl (C=O) groups is 1. The maximum absolute atomic E-state index is 12.4. The zero-order valence-corrected chi connectivity index (χ0v) is 22.0. The average Bonchev–Trinajstić information content (AvgIpc) is 2.82. The standard InChI is InChI=1S/C26H42O4S2/c1-5-26(6-2)19-29-24(30-20-26)22-12-9-21(10-13-22)11-14-23(28)15-16-25(3,4)32-31-18-8-7-17-27/h9-10,12-13,24,27H,5-8,11,14-20H2,1-4H3. The van der Waals surface area contributed by atoms with Crippen LogP contribution >= 0.6 is 21.6 Å². The van der Waals surface area contributed by atoms with Crippen molar-refractivity contribution >= 4 is 27.4 Å². The van der Waals surface area contributed by atoms with Gasteiger partial charge in [-0.1, -0.05) is 59.7 Å². The van der Waals surface area contributed by atoms with Crippen LogP contribution in [0, 0.1) is 5.41 Å². The van der Waals surface area contributed by atoms with E-state index in [1.54, 1.807) is 0 Å². The largest absolute Gasteiger partial charge is 0.396 e. The minimum absolute atomic E-state index is 0.0916. The fraction of sp³-hybridized carbons (Fsp3) is 0.731. The average molecular weight is 483 g/mol. The first-order valence-electron chi connectivity index (χ1n) is 12.1. The Bertz CT molecular complexity index is 661. The number of hydrogen-bond acceptors (Lipinski definition) is 6. The number of unbranched alkanes of at least 4 members (excludes halogenated alkanes) is 1. The van der Waals surface area contributed by atoms with Crippen molar-refractivity contribution in [1.82, 2.24) is 0 Å². The molecule has 1 aromatic rings. The lowest BCUT2D eigenvalue weighted by atomic mass is 9.83. The van der Waals surface area contributed by atoms with Crippen molar-refractivity contribution in [2.75, 3.05) is 25.6 Å². The van der Waals surface area contributed by atoms with E-state index in [9.17, 15) is 4.79 Å². The van der Waals surface area contributed by atoms with Gasteiger partial charge in [-0.2, -0.15) is 0 Å². The number of ether oxygens (including phenoxy) is 2. The number of aliphatic hydroxyl groups is 1. The van der Waals surface area contributed by atoms with Crippen LogP contribution < -0.4 is 0 Å². The van der Waals surface area contributed by atoms with Crippen LogP contribution in [0.3, 0.4) is 0 Å². The topological polar surface area (TPSA) is 55.8 Å². The molecule has 0 unspecified atom stereocenters. The Hall–Kier alpha value is -0.530. The van der Waals surface area contributed by atoms with Gasteiger partial charge in [0.05, 0.1) is 13.2 Å². The molecule has 1 heterocycles. The summed E-state index contributed by atoms with van der Waals surface area (Å²) in [5, 5.41) is 8.85. The van der Waals surface area contributed by atoms with Gasteiger partial charge in [-0.05, 0) is 57.9 Å². The minimum atomic E-state index is -0.279. The van der Waals surface area contributed by atoms with Crippen molar-refractivity contribution in [1.29, 1.82) is 0 Å². The molecule has 0 bridgehead atoms. The molecule has 0 aromatic heterocycles. The number of aryl methyl sites for hydroxylation is 1. The van der Waals surface area contributed by atoms with Gasteiger partial charge in [-0.3, -0.25) is 4.79 Å². The van der Waals surface area contributed by atoms with Crippen molar-refractivity contribution in [3.8, 4) is 0 Å². The lowest BCUT2D eigenvalue weighted by molar-refractivity contribution is -0.235. The van der Waals surface area contributed by atoms with Crippen molar-refractivity contribution < 1.29 is 19.4 Å². The molecule has 2 rings (SSSR count). The number of Topliss-reactive ketones (excluding diaryl/α,β-unsaturated/α-hetero) is 1. The first kappa shape index (κ1) is 27.7. The third-order valence-corrected chi connectivity index (χ3v) is 9.89. The summed E-state index contributed by atoms with van der Waals surface area (Å²) >= 11 is 0. The molecule has 0 radical (unpaired) electrons. The highest BCUT2D eigenvalue weighted by atomic mass is 33.1. The van der Waals surface area contributed by atoms with E-state index in [-0.39, 0.29) is 23.1 Å². The molecule has 0 atom stereocenters. The van der Waals surface area contributed by atoms with E-state index in [0.29, 0.717) is 18.6 Å². The summed E-state index contributed by atoms with van der Waals surface area (Å²) < 4.78 is 12.1. The summed E-state index contributed by atoms with van der Waals surface area (Å²) in [5.74, 6) is 1.38. The Morgan fingerprint density at radius 3 is 2.34 bits per heavy atom. The summed E-state index contributed by atoms with van der Waals surface area (Å²) in [5.41, 5.74) is 2.39. The van der Waals surface area contributed by atoms with Gasteiger partial charge in [0.1, 0.15) is 5.78 Å². The predicted molar refractivity (Wildman–Crippen MR) is 137 cm³/mol. The molecule has 182 valence electrons. The van der Waals surface area contributed by atoms with Crippen LogP contribution in [0.2, 0.25) is 0 Å². The molecule has 32 heavy (non-hydrogen) atoms. The van der Waals surface area contributed by atoms with Gasteiger partial charge in [0.15, 0.2) is 6.29 Å². The zero-order valence-electron chi connectivity index (χ0n) is 20.4. The van der Waals surface area contributed by atoms with E-state index in [0.717, 1.165) is 63.1 Å². The molecule has 4 nitrogen and oxygen atoms in total. The van der Waals surface area contributed by atoms with Gasteiger partial charge in [-0.25, -0.2) is 0 Å². The van der Waals surface area contributed by atoms with Gasteiger partial charge in [0, 0.05) is 40.9 Å². The van der Waals surface area contributed by atoms with Crippen molar-refractivity contribution in [3.63, 3.8) is 0 Å². The molecule has 1 aliphatic heterocycles. The molecule has 1 aliphatic rings. The first-order chi connectivity index (χ1) is 15.3. The highest BCUT2D eigenvalue weighted by Gasteiger charge is 2.34. The second-order valence-corrected chi connectivity index (χ2v) is 12.7. The molecule has 0 aliphatic carbocycles. The molecular formula is C26H42O4S2. The van der Waals surface area contributed by atoms with Crippen LogP contribution in [0.15, 0.2) is 24.3 Å². The van der Waals surface area contributed by atoms with Gasteiger partial charge in [0.25, 0.3) is 0 Å². The van der Waals surface area contributed by atoms with Crippen LogP contribution in [-0.2, 0) is 20.7 Å².